The summed E-state index contributed by atoms with van der Waals surface area (Å²) in [4.78, 5) is 24.7. The molecular weight excluding hydrogens is 376 g/mol. The number of anilines is 1. The molecule has 3 aromatic rings. The van der Waals surface area contributed by atoms with Gasteiger partial charge in [-0.05, 0) is 40.3 Å². The van der Waals surface area contributed by atoms with Gasteiger partial charge in [0.1, 0.15) is 0 Å². The largest absolute Gasteiger partial charge is 0.373 e. The summed E-state index contributed by atoms with van der Waals surface area (Å²) in [6.07, 6.45) is 1.19. The Balaban J connectivity index is 1.82. The van der Waals surface area contributed by atoms with Gasteiger partial charge in [-0.25, -0.2) is 0 Å². The molecule has 0 aromatic heterocycles. The third kappa shape index (κ3) is 2.81. The monoisotopic (exact) mass is 398 g/mol. The second kappa shape index (κ2) is 6.52. The van der Waals surface area contributed by atoms with Crippen molar-refractivity contribution in [3.63, 3.8) is 0 Å². The lowest BCUT2D eigenvalue weighted by molar-refractivity contribution is -0.385. The molecule has 5 rings (SSSR count). The van der Waals surface area contributed by atoms with Gasteiger partial charge in [0.2, 0.25) is 0 Å². The zero-order valence-electron chi connectivity index (χ0n) is 16.9. The van der Waals surface area contributed by atoms with E-state index in [1.807, 2.05) is 18.2 Å². The molecule has 5 heteroatoms. The average Bonchev–Trinajstić information content (AvgIpc) is 2.71. The summed E-state index contributed by atoms with van der Waals surface area (Å²) in [6, 6.07) is 18.4. The number of nitrogens with zero attached hydrogens (tertiary/aromatic N) is 1. The van der Waals surface area contributed by atoms with Gasteiger partial charge in [0.25, 0.3) is 5.69 Å². The number of carbonyl (C=O) groups excluding carboxylic acids is 1. The summed E-state index contributed by atoms with van der Waals surface area (Å²) >= 11 is 0. The Morgan fingerprint density at radius 2 is 1.73 bits per heavy atom. The molecule has 1 aliphatic carbocycles. The molecule has 0 amide bonds. The molecule has 1 N–H and O–H groups in total. The number of carbonyl (C=O) groups is 1. The molecule has 0 bridgehead atoms. The topological polar surface area (TPSA) is 72.2 Å². The third-order valence-corrected chi connectivity index (χ3v) is 6.18. The SMILES string of the molecule is CC1(C)CC(=O)C2=C(C1)c1c(ccc3ccccc13)N[C@@H]2c1ccccc1[N+](=O)[O-]. The minimum atomic E-state index is -0.529. The van der Waals surface area contributed by atoms with Crippen molar-refractivity contribution in [3.05, 3.63) is 87.5 Å². The molecule has 5 nitrogen and oxygen atoms in total. The highest BCUT2D eigenvalue weighted by Gasteiger charge is 2.42. The average molecular weight is 398 g/mol. The predicted octanol–water partition coefficient (Wildman–Crippen LogP) is 6.06. The molecule has 1 aliphatic heterocycles. The van der Waals surface area contributed by atoms with Crippen LogP contribution < -0.4 is 5.32 Å². The van der Waals surface area contributed by atoms with E-state index in [9.17, 15) is 14.9 Å². The number of fused-ring (bicyclic) bond motifs is 4. The molecular formula is C25H22N2O3. The molecule has 0 fully saturated rings. The standard InChI is InChI=1S/C25H22N2O3/c1-25(2)13-18-22-16-8-4-3-7-15(16)11-12-19(22)26-24(23(18)21(28)14-25)17-9-5-6-10-20(17)27(29)30/h3-12,24,26H,13-14H2,1-2H3/t24-/m1/s1. The Hall–Kier alpha value is -3.47. The normalized spacial score (nSPS) is 19.8. The number of rotatable bonds is 2. The smallest absolute Gasteiger partial charge is 0.275 e. The van der Waals surface area contributed by atoms with Gasteiger partial charge in [-0.15, -0.1) is 0 Å². The maximum atomic E-state index is 13.4. The number of nitrogens with one attached hydrogen (secondary N) is 1. The van der Waals surface area contributed by atoms with Crippen LogP contribution in [0, 0.1) is 15.5 Å². The molecule has 30 heavy (non-hydrogen) atoms. The van der Waals surface area contributed by atoms with Crippen LogP contribution in [-0.2, 0) is 4.79 Å². The van der Waals surface area contributed by atoms with Crippen LogP contribution in [0.1, 0.15) is 43.9 Å². The van der Waals surface area contributed by atoms with E-state index in [4.69, 9.17) is 0 Å². The number of hydrogen-bond acceptors (Lipinski definition) is 4. The van der Waals surface area contributed by atoms with Crippen LogP contribution in [0.4, 0.5) is 11.4 Å². The number of hydrogen-bond donors (Lipinski definition) is 1. The van der Waals surface area contributed by atoms with E-state index in [0.29, 0.717) is 17.6 Å². The van der Waals surface area contributed by atoms with E-state index >= 15 is 0 Å². The molecule has 3 aromatic carbocycles. The molecule has 0 unspecified atom stereocenters. The molecule has 1 heterocycles. The Morgan fingerprint density at radius 1 is 1.00 bits per heavy atom. The lowest BCUT2D eigenvalue weighted by Crippen LogP contribution is -2.33. The van der Waals surface area contributed by atoms with Gasteiger partial charge in [0.05, 0.1) is 16.5 Å². The Kier molecular flexibility index (Phi) is 4.03. The number of para-hydroxylation sites is 1. The fourth-order valence-electron chi connectivity index (χ4n) is 4.97. The summed E-state index contributed by atoms with van der Waals surface area (Å²) < 4.78 is 0. The first-order valence-electron chi connectivity index (χ1n) is 10.1. The van der Waals surface area contributed by atoms with Crippen LogP contribution in [0.3, 0.4) is 0 Å². The number of benzene rings is 3. The van der Waals surface area contributed by atoms with Gasteiger partial charge in [-0.1, -0.05) is 56.3 Å². The highest BCUT2D eigenvalue weighted by molar-refractivity contribution is 6.13. The molecule has 0 saturated heterocycles. The van der Waals surface area contributed by atoms with Crippen LogP contribution >= 0.6 is 0 Å². The van der Waals surface area contributed by atoms with E-state index in [1.165, 1.54) is 6.07 Å². The van der Waals surface area contributed by atoms with Crippen molar-refractivity contribution in [2.75, 3.05) is 5.32 Å². The third-order valence-electron chi connectivity index (χ3n) is 6.18. The van der Waals surface area contributed by atoms with Crippen molar-refractivity contribution >= 4 is 33.5 Å². The van der Waals surface area contributed by atoms with Crippen molar-refractivity contribution < 1.29 is 9.72 Å². The molecule has 2 aliphatic rings. The summed E-state index contributed by atoms with van der Waals surface area (Å²) in [5.41, 5.74) is 4.07. The number of ketones is 1. The van der Waals surface area contributed by atoms with Gasteiger partial charge in [0, 0.05) is 29.3 Å². The molecule has 150 valence electrons. The first-order valence-corrected chi connectivity index (χ1v) is 10.1. The fourth-order valence-corrected chi connectivity index (χ4v) is 4.97. The highest BCUT2D eigenvalue weighted by atomic mass is 16.6. The Labute approximate surface area is 174 Å². The first-order chi connectivity index (χ1) is 14.4. The van der Waals surface area contributed by atoms with Crippen LogP contribution in [0.15, 0.2) is 66.2 Å². The lowest BCUT2D eigenvalue weighted by Gasteiger charge is -2.40. The van der Waals surface area contributed by atoms with Gasteiger partial charge in [-0.3, -0.25) is 14.9 Å². The van der Waals surface area contributed by atoms with E-state index in [2.05, 4.69) is 37.4 Å². The quantitative estimate of drug-likeness (QED) is 0.421. The fraction of sp³-hybridized carbons (Fsp3) is 0.240. The molecule has 0 spiro atoms. The number of allylic oxidation sites excluding steroid dienone is 1. The van der Waals surface area contributed by atoms with Crippen LogP contribution in [0.5, 0.6) is 0 Å². The molecule has 1 atom stereocenters. The summed E-state index contributed by atoms with van der Waals surface area (Å²) in [7, 11) is 0. The van der Waals surface area contributed by atoms with Crippen molar-refractivity contribution in [1.29, 1.82) is 0 Å². The maximum Gasteiger partial charge on any atom is 0.275 e. The van der Waals surface area contributed by atoms with Crippen molar-refractivity contribution in [3.8, 4) is 0 Å². The number of Topliss-reactive ketones (excluding diaryl/α,β-unsaturated/α-hetero) is 1. The number of nitro benzene ring substituents is 1. The van der Waals surface area contributed by atoms with Crippen molar-refractivity contribution in [2.45, 2.75) is 32.7 Å². The zero-order valence-corrected chi connectivity index (χ0v) is 16.9. The maximum absolute atomic E-state index is 13.4. The summed E-state index contributed by atoms with van der Waals surface area (Å²) in [5.74, 6) is 0.0653. The van der Waals surface area contributed by atoms with Crippen LogP contribution in [-0.4, -0.2) is 10.7 Å². The summed E-state index contributed by atoms with van der Waals surface area (Å²) in [6.45, 7) is 4.23. The van der Waals surface area contributed by atoms with E-state index in [0.717, 1.165) is 34.0 Å². The number of nitro groups is 1. The van der Waals surface area contributed by atoms with Gasteiger partial charge < -0.3 is 5.32 Å². The second-order valence-corrected chi connectivity index (χ2v) is 8.94. The Morgan fingerprint density at radius 3 is 2.53 bits per heavy atom. The van der Waals surface area contributed by atoms with E-state index < -0.39 is 6.04 Å². The Bertz CT molecular complexity index is 1260. The van der Waals surface area contributed by atoms with Crippen LogP contribution in [0.2, 0.25) is 0 Å². The lowest BCUT2D eigenvalue weighted by atomic mass is 9.67. The highest BCUT2D eigenvalue weighted by Crippen LogP contribution is 2.52. The van der Waals surface area contributed by atoms with Gasteiger partial charge in [-0.2, -0.15) is 0 Å². The van der Waals surface area contributed by atoms with E-state index in [-0.39, 0.29) is 21.8 Å². The van der Waals surface area contributed by atoms with Crippen molar-refractivity contribution in [2.24, 2.45) is 5.41 Å². The second-order valence-electron chi connectivity index (χ2n) is 8.94. The minimum Gasteiger partial charge on any atom is -0.373 e. The van der Waals surface area contributed by atoms with Crippen LogP contribution in [0.25, 0.3) is 16.3 Å². The van der Waals surface area contributed by atoms with Gasteiger partial charge >= 0.3 is 0 Å². The minimum absolute atomic E-state index is 0.0312. The van der Waals surface area contributed by atoms with Crippen molar-refractivity contribution in [1.82, 2.24) is 0 Å². The zero-order chi connectivity index (χ0) is 21.0. The summed E-state index contributed by atoms with van der Waals surface area (Å²) in [5, 5.41) is 17.4. The molecule has 0 saturated carbocycles. The first kappa shape index (κ1) is 18.6. The van der Waals surface area contributed by atoms with E-state index in [1.54, 1.807) is 18.2 Å². The predicted molar refractivity (Wildman–Crippen MR) is 118 cm³/mol. The molecule has 0 radical (unpaired) electrons. The van der Waals surface area contributed by atoms with Gasteiger partial charge in [0.15, 0.2) is 5.78 Å².